The Hall–Kier alpha value is -1.22. The van der Waals surface area contributed by atoms with Crippen LogP contribution in [0.15, 0.2) is 6.07 Å². The van der Waals surface area contributed by atoms with Crippen LogP contribution < -0.4 is 14.8 Å². The SMILES string of the molecule is CCCNC1CCc2cc(OC)c(OC)c3c2C1CCC3. The number of benzene rings is 1. The lowest BCUT2D eigenvalue weighted by atomic mass is 9.70. The van der Waals surface area contributed by atoms with E-state index in [9.17, 15) is 0 Å². The third-order valence-corrected chi connectivity index (χ3v) is 5.08. The Morgan fingerprint density at radius 3 is 2.76 bits per heavy atom. The Labute approximate surface area is 128 Å². The normalized spacial score (nSPS) is 23.6. The summed E-state index contributed by atoms with van der Waals surface area (Å²) in [6, 6.07) is 2.85. The molecular formula is C18H27NO2. The largest absolute Gasteiger partial charge is 0.493 e. The highest BCUT2D eigenvalue weighted by Crippen LogP contribution is 2.48. The van der Waals surface area contributed by atoms with Crippen molar-refractivity contribution >= 4 is 0 Å². The summed E-state index contributed by atoms with van der Waals surface area (Å²) in [5, 5.41) is 3.77. The average molecular weight is 289 g/mol. The van der Waals surface area contributed by atoms with Crippen LogP contribution in [0.2, 0.25) is 0 Å². The minimum Gasteiger partial charge on any atom is -0.493 e. The van der Waals surface area contributed by atoms with Gasteiger partial charge in [0.2, 0.25) is 0 Å². The van der Waals surface area contributed by atoms with E-state index in [-0.39, 0.29) is 0 Å². The minimum absolute atomic E-state index is 0.634. The van der Waals surface area contributed by atoms with Crippen LogP contribution in [0.1, 0.15) is 55.2 Å². The molecule has 3 nitrogen and oxygen atoms in total. The van der Waals surface area contributed by atoms with Crippen LogP contribution in [0.4, 0.5) is 0 Å². The first-order valence-electron chi connectivity index (χ1n) is 8.30. The molecule has 0 saturated carbocycles. The van der Waals surface area contributed by atoms with Gasteiger partial charge in [-0.2, -0.15) is 0 Å². The van der Waals surface area contributed by atoms with Crippen molar-refractivity contribution in [3.63, 3.8) is 0 Å². The lowest BCUT2D eigenvalue weighted by Gasteiger charge is -2.39. The van der Waals surface area contributed by atoms with Gasteiger partial charge in [-0.25, -0.2) is 0 Å². The number of ether oxygens (including phenoxy) is 2. The first kappa shape index (κ1) is 14.7. The molecule has 116 valence electrons. The smallest absolute Gasteiger partial charge is 0.164 e. The van der Waals surface area contributed by atoms with Gasteiger partial charge in [-0.05, 0) is 68.2 Å². The first-order valence-corrected chi connectivity index (χ1v) is 8.30. The summed E-state index contributed by atoms with van der Waals surface area (Å²) in [6.45, 7) is 3.36. The molecule has 21 heavy (non-hydrogen) atoms. The second-order valence-electron chi connectivity index (χ2n) is 6.26. The van der Waals surface area contributed by atoms with Crippen molar-refractivity contribution in [1.29, 1.82) is 0 Å². The van der Waals surface area contributed by atoms with Gasteiger partial charge in [-0.15, -0.1) is 0 Å². The summed E-state index contributed by atoms with van der Waals surface area (Å²) in [4.78, 5) is 0. The van der Waals surface area contributed by atoms with Crippen molar-refractivity contribution in [3.8, 4) is 11.5 Å². The molecule has 0 aromatic heterocycles. The maximum absolute atomic E-state index is 5.68. The third-order valence-electron chi connectivity index (χ3n) is 5.08. The molecule has 0 aliphatic heterocycles. The molecule has 0 saturated heterocycles. The fourth-order valence-corrected chi connectivity index (χ4v) is 4.19. The summed E-state index contributed by atoms with van der Waals surface area (Å²) in [5.74, 6) is 2.54. The molecule has 3 heteroatoms. The number of rotatable bonds is 5. The van der Waals surface area contributed by atoms with Crippen molar-refractivity contribution in [2.24, 2.45) is 0 Å². The van der Waals surface area contributed by atoms with Crippen molar-refractivity contribution in [3.05, 3.63) is 22.8 Å². The van der Waals surface area contributed by atoms with E-state index in [1.807, 2.05) is 0 Å². The van der Waals surface area contributed by atoms with Crippen molar-refractivity contribution in [2.75, 3.05) is 20.8 Å². The number of methoxy groups -OCH3 is 2. The van der Waals surface area contributed by atoms with Crippen LogP contribution in [0, 0.1) is 0 Å². The molecule has 2 aliphatic rings. The number of hydrogen-bond donors (Lipinski definition) is 1. The van der Waals surface area contributed by atoms with Crippen LogP contribution in [0.3, 0.4) is 0 Å². The van der Waals surface area contributed by atoms with E-state index in [0.29, 0.717) is 12.0 Å². The lowest BCUT2D eigenvalue weighted by molar-refractivity contribution is 0.327. The van der Waals surface area contributed by atoms with E-state index in [2.05, 4.69) is 18.3 Å². The molecule has 0 spiro atoms. The Balaban J connectivity index is 2.03. The fourth-order valence-electron chi connectivity index (χ4n) is 4.19. The molecule has 2 aliphatic carbocycles. The Bertz CT molecular complexity index is 512. The summed E-state index contributed by atoms with van der Waals surface area (Å²) in [6.07, 6.45) is 7.28. The Morgan fingerprint density at radius 2 is 2.05 bits per heavy atom. The van der Waals surface area contributed by atoms with Gasteiger partial charge in [0, 0.05) is 11.6 Å². The Kier molecular flexibility index (Phi) is 4.39. The van der Waals surface area contributed by atoms with Gasteiger partial charge in [-0.1, -0.05) is 6.92 Å². The lowest BCUT2D eigenvalue weighted by Crippen LogP contribution is -2.40. The van der Waals surface area contributed by atoms with Gasteiger partial charge in [0.05, 0.1) is 14.2 Å². The van der Waals surface area contributed by atoms with Gasteiger partial charge < -0.3 is 14.8 Å². The monoisotopic (exact) mass is 289 g/mol. The van der Waals surface area contributed by atoms with E-state index in [4.69, 9.17) is 9.47 Å². The molecule has 0 bridgehead atoms. The standard InChI is InChI=1S/C18H27NO2/c1-4-10-19-15-9-8-12-11-16(20-2)18(21-3)14-7-5-6-13(15)17(12)14/h11,13,15,19H,4-10H2,1-3H3. The molecule has 0 radical (unpaired) electrons. The maximum atomic E-state index is 5.68. The highest BCUT2D eigenvalue weighted by Gasteiger charge is 2.35. The van der Waals surface area contributed by atoms with Gasteiger partial charge >= 0.3 is 0 Å². The van der Waals surface area contributed by atoms with Gasteiger partial charge in [-0.3, -0.25) is 0 Å². The van der Waals surface area contributed by atoms with E-state index < -0.39 is 0 Å². The zero-order valence-corrected chi connectivity index (χ0v) is 13.5. The Morgan fingerprint density at radius 1 is 1.19 bits per heavy atom. The van der Waals surface area contributed by atoms with Gasteiger partial charge in [0.1, 0.15) is 0 Å². The zero-order chi connectivity index (χ0) is 14.8. The van der Waals surface area contributed by atoms with E-state index in [1.165, 1.54) is 36.8 Å². The molecular weight excluding hydrogens is 262 g/mol. The molecule has 1 N–H and O–H groups in total. The molecule has 3 rings (SSSR count). The van der Waals surface area contributed by atoms with Crippen molar-refractivity contribution in [1.82, 2.24) is 5.32 Å². The molecule has 0 heterocycles. The summed E-state index contributed by atoms with van der Waals surface area (Å²) in [7, 11) is 3.51. The predicted molar refractivity (Wildman–Crippen MR) is 85.6 cm³/mol. The first-order chi connectivity index (χ1) is 10.3. The summed E-state index contributed by atoms with van der Waals surface area (Å²) < 4.78 is 11.2. The molecule has 0 amide bonds. The highest BCUT2D eigenvalue weighted by atomic mass is 16.5. The highest BCUT2D eigenvalue weighted by molar-refractivity contribution is 5.57. The second-order valence-corrected chi connectivity index (χ2v) is 6.26. The van der Waals surface area contributed by atoms with E-state index in [0.717, 1.165) is 30.9 Å². The average Bonchev–Trinajstić information content (AvgIpc) is 2.54. The third kappa shape index (κ3) is 2.52. The minimum atomic E-state index is 0.634. The topological polar surface area (TPSA) is 30.5 Å². The van der Waals surface area contributed by atoms with Gasteiger partial charge in [0.25, 0.3) is 0 Å². The molecule has 1 aromatic rings. The molecule has 0 fully saturated rings. The van der Waals surface area contributed by atoms with Crippen molar-refractivity contribution < 1.29 is 9.47 Å². The second kappa shape index (κ2) is 6.27. The fraction of sp³-hybridized carbons (Fsp3) is 0.667. The van der Waals surface area contributed by atoms with Crippen molar-refractivity contribution in [2.45, 2.75) is 57.4 Å². The van der Waals surface area contributed by atoms with E-state index in [1.54, 1.807) is 19.8 Å². The molecule has 2 atom stereocenters. The molecule has 1 aromatic carbocycles. The van der Waals surface area contributed by atoms with E-state index >= 15 is 0 Å². The maximum Gasteiger partial charge on any atom is 0.164 e. The molecule has 2 unspecified atom stereocenters. The van der Waals surface area contributed by atoms with Crippen LogP contribution >= 0.6 is 0 Å². The summed E-state index contributed by atoms with van der Waals surface area (Å²) in [5.41, 5.74) is 4.46. The number of hydrogen-bond acceptors (Lipinski definition) is 3. The van der Waals surface area contributed by atoms with Crippen LogP contribution in [-0.4, -0.2) is 26.8 Å². The van der Waals surface area contributed by atoms with Crippen LogP contribution in [0.25, 0.3) is 0 Å². The quantitative estimate of drug-likeness (QED) is 0.900. The zero-order valence-electron chi connectivity index (χ0n) is 13.5. The number of aryl methyl sites for hydroxylation is 1. The predicted octanol–water partition coefficient (Wildman–Crippen LogP) is 3.44. The number of nitrogens with one attached hydrogen (secondary N) is 1. The van der Waals surface area contributed by atoms with Crippen LogP contribution in [-0.2, 0) is 12.8 Å². The van der Waals surface area contributed by atoms with Gasteiger partial charge in [0.15, 0.2) is 11.5 Å². The van der Waals surface area contributed by atoms with Crippen LogP contribution in [0.5, 0.6) is 11.5 Å². The summed E-state index contributed by atoms with van der Waals surface area (Å²) >= 11 is 0.